The third-order valence-corrected chi connectivity index (χ3v) is 9.19. The third kappa shape index (κ3) is 2.38. The molecule has 5 rings (SSSR count). The predicted octanol–water partition coefficient (Wildman–Crippen LogP) is 3.12. The Morgan fingerprint density at radius 3 is 2.63 bits per heavy atom. The molecule has 8 heteroatoms. The number of allylic oxidation sites excluding steroid dienone is 2. The molecule has 1 aromatic rings. The molecule has 7 nitrogen and oxygen atoms in total. The minimum absolute atomic E-state index is 0.0368. The van der Waals surface area contributed by atoms with Crippen molar-refractivity contribution >= 4 is 27.5 Å². The minimum atomic E-state index is -4.76. The summed E-state index contributed by atoms with van der Waals surface area (Å²) in [4.78, 5) is 12.0. The van der Waals surface area contributed by atoms with E-state index in [0.717, 1.165) is 56.6 Å². The molecule has 1 amide bonds. The van der Waals surface area contributed by atoms with Gasteiger partial charge in [-0.3, -0.25) is 9.35 Å². The van der Waals surface area contributed by atoms with E-state index in [0.29, 0.717) is 10.2 Å². The number of rotatable bonds is 3. The van der Waals surface area contributed by atoms with E-state index in [9.17, 15) is 22.9 Å². The van der Waals surface area contributed by atoms with Crippen LogP contribution >= 0.6 is 0 Å². The summed E-state index contributed by atoms with van der Waals surface area (Å²) in [7, 11) is -3.34. The molecule has 0 bridgehead atoms. The van der Waals surface area contributed by atoms with Gasteiger partial charge in [-0.1, -0.05) is 12.5 Å². The summed E-state index contributed by atoms with van der Waals surface area (Å²) < 4.78 is 39.1. The maximum absolute atomic E-state index is 12.0. The van der Waals surface area contributed by atoms with Crippen molar-refractivity contribution in [3.05, 3.63) is 28.8 Å². The zero-order valence-electron chi connectivity index (χ0n) is 17.4. The van der Waals surface area contributed by atoms with Gasteiger partial charge in [0.1, 0.15) is 11.4 Å². The van der Waals surface area contributed by atoms with Crippen LogP contribution in [0, 0.1) is 16.7 Å². The number of nitrogens with zero attached hydrogens (tertiary/aromatic N) is 1. The highest BCUT2D eigenvalue weighted by Crippen LogP contribution is 2.80. The van der Waals surface area contributed by atoms with Gasteiger partial charge in [0.05, 0.1) is 13.2 Å². The zero-order chi connectivity index (χ0) is 21.6. The van der Waals surface area contributed by atoms with Gasteiger partial charge in [0, 0.05) is 17.8 Å². The molecule has 4 aliphatic carbocycles. The van der Waals surface area contributed by atoms with E-state index in [1.54, 1.807) is 6.07 Å². The number of methoxy groups -OCH3 is 1. The molecule has 1 aromatic carbocycles. The van der Waals surface area contributed by atoms with Crippen LogP contribution in [0.2, 0.25) is 0 Å². The number of carbonyl (C=O) groups excluding carboxylic acids is 1. The van der Waals surface area contributed by atoms with Crippen molar-refractivity contribution in [2.75, 3.05) is 11.4 Å². The normalized spacial score (nSPS) is 33.9. The second-order valence-electron chi connectivity index (χ2n) is 9.44. The number of fused-ring (bicyclic) bond motifs is 2. The monoisotopic (exact) mass is 433 g/mol. The third-order valence-electron chi connectivity index (χ3n) is 8.27. The van der Waals surface area contributed by atoms with Gasteiger partial charge in [-0.05, 0) is 73.3 Å². The molecular formula is C22H27NO6S. The number of benzene rings is 1. The lowest BCUT2D eigenvalue weighted by molar-refractivity contribution is -0.115. The van der Waals surface area contributed by atoms with Crippen LogP contribution in [0.15, 0.2) is 17.7 Å². The van der Waals surface area contributed by atoms with E-state index >= 15 is 0 Å². The topological polar surface area (TPSA) is 104 Å². The first-order valence-corrected chi connectivity index (χ1v) is 11.8. The molecule has 0 heterocycles. The first-order chi connectivity index (χ1) is 14.0. The highest BCUT2D eigenvalue weighted by atomic mass is 32.2. The van der Waals surface area contributed by atoms with Crippen molar-refractivity contribution in [3.63, 3.8) is 0 Å². The van der Waals surface area contributed by atoms with Crippen molar-refractivity contribution in [2.45, 2.75) is 58.5 Å². The lowest BCUT2D eigenvalue weighted by Gasteiger charge is -2.46. The van der Waals surface area contributed by atoms with Crippen LogP contribution in [0.1, 0.15) is 57.1 Å². The van der Waals surface area contributed by atoms with Crippen LogP contribution in [0.25, 0.3) is 5.57 Å². The van der Waals surface area contributed by atoms with Gasteiger partial charge in [-0.2, -0.15) is 12.7 Å². The van der Waals surface area contributed by atoms with Gasteiger partial charge in [0.2, 0.25) is 5.91 Å². The van der Waals surface area contributed by atoms with Crippen LogP contribution in [-0.2, 0) is 21.5 Å². The fourth-order valence-electron chi connectivity index (χ4n) is 6.86. The second-order valence-corrected chi connectivity index (χ2v) is 10.7. The lowest BCUT2D eigenvalue weighted by atomic mass is 9.59. The zero-order valence-corrected chi connectivity index (χ0v) is 18.3. The summed E-state index contributed by atoms with van der Waals surface area (Å²) in [6.45, 7) is 3.33. The minimum Gasteiger partial charge on any atom is -0.495 e. The molecule has 0 unspecified atom stereocenters. The molecule has 1 spiro atoms. The molecule has 2 fully saturated rings. The lowest BCUT2D eigenvalue weighted by Crippen LogP contribution is -2.41. The van der Waals surface area contributed by atoms with E-state index in [1.165, 1.54) is 18.3 Å². The largest absolute Gasteiger partial charge is 0.495 e. The van der Waals surface area contributed by atoms with Gasteiger partial charge < -0.3 is 9.84 Å². The highest BCUT2D eigenvalue weighted by molar-refractivity contribution is 7.88. The highest BCUT2D eigenvalue weighted by Gasteiger charge is 2.74. The van der Waals surface area contributed by atoms with Crippen molar-refractivity contribution in [2.24, 2.45) is 16.7 Å². The Hall–Kier alpha value is -1.90. The summed E-state index contributed by atoms with van der Waals surface area (Å²) in [6.07, 6.45) is 5.17. The van der Waals surface area contributed by atoms with Crippen LogP contribution < -0.4 is 9.04 Å². The Morgan fingerprint density at radius 1 is 1.27 bits per heavy atom. The summed E-state index contributed by atoms with van der Waals surface area (Å²) in [5.74, 6) is -0.0160. The van der Waals surface area contributed by atoms with E-state index in [4.69, 9.17) is 4.74 Å². The Morgan fingerprint density at radius 2 is 2.00 bits per heavy atom. The molecule has 30 heavy (non-hydrogen) atoms. The van der Waals surface area contributed by atoms with Crippen LogP contribution in [0.3, 0.4) is 0 Å². The Labute approximate surface area is 176 Å². The van der Waals surface area contributed by atoms with E-state index in [1.807, 2.05) is 6.07 Å². The van der Waals surface area contributed by atoms with Gasteiger partial charge >= 0.3 is 10.3 Å². The number of anilines is 1. The summed E-state index contributed by atoms with van der Waals surface area (Å²) >= 11 is 0. The first kappa shape index (κ1) is 20.0. The molecule has 0 aromatic heterocycles. The smallest absolute Gasteiger partial charge is 0.366 e. The molecule has 4 aliphatic rings. The molecule has 0 radical (unpaired) electrons. The predicted molar refractivity (Wildman–Crippen MR) is 111 cm³/mol. The Kier molecular flexibility index (Phi) is 4.06. The standard InChI is InChI=1S/C22H27NO6S/c1-12(24)23(30(26,27)28)18-8-13-4-5-17-15(16(13)10-19(18)29-3)6-7-21(2)20(25)9-14-11-22(14,17)21/h8,10,14,20,25H,4-7,9,11H2,1-3H3,(H,26,27,28)/t14-,20+,21-,22+/m1/s1. The maximum atomic E-state index is 12.0. The number of aliphatic hydroxyl groups is 1. The second kappa shape index (κ2) is 6.08. The quantitative estimate of drug-likeness (QED) is 0.710. The summed E-state index contributed by atoms with van der Waals surface area (Å²) in [5, 5.41) is 10.7. The SMILES string of the molecule is COc1cc2c(cc1N(C(C)=O)S(=O)(=O)O)CCC1=C2CC[C@]2(C)[C@@H](O)C[C@@H]3C[C@@]132. The van der Waals surface area contributed by atoms with Crippen molar-refractivity contribution in [3.8, 4) is 5.75 Å². The van der Waals surface area contributed by atoms with E-state index in [2.05, 4.69) is 6.92 Å². The van der Waals surface area contributed by atoms with Gasteiger partial charge in [-0.15, -0.1) is 0 Å². The molecule has 0 aliphatic heterocycles. The summed E-state index contributed by atoms with van der Waals surface area (Å²) in [6, 6.07) is 3.47. The summed E-state index contributed by atoms with van der Waals surface area (Å²) in [5.41, 5.74) is 4.82. The fraction of sp³-hybridized carbons (Fsp3) is 0.591. The first-order valence-electron chi connectivity index (χ1n) is 10.4. The van der Waals surface area contributed by atoms with E-state index in [-0.39, 0.29) is 28.4 Å². The molecule has 162 valence electrons. The Bertz CT molecular complexity index is 1110. The van der Waals surface area contributed by atoms with Gasteiger partial charge in [0.15, 0.2) is 0 Å². The Balaban J connectivity index is 1.66. The molecule has 0 saturated heterocycles. The molecule has 4 atom stereocenters. The van der Waals surface area contributed by atoms with Crippen LogP contribution in [0.5, 0.6) is 5.75 Å². The van der Waals surface area contributed by atoms with Gasteiger partial charge in [0.25, 0.3) is 0 Å². The van der Waals surface area contributed by atoms with Crippen LogP contribution in [0.4, 0.5) is 5.69 Å². The molecule has 2 N–H and O–H groups in total. The average Bonchev–Trinajstić information content (AvgIpc) is 3.32. The average molecular weight is 434 g/mol. The number of hydrogen-bond donors (Lipinski definition) is 2. The number of hydrogen-bond acceptors (Lipinski definition) is 5. The number of aliphatic hydroxyl groups excluding tert-OH is 1. The molecule has 2 saturated carbocycles. The number of aryl methyl sites for hydroxylation is 1. The van der Waals surface area contributed by atoms with Crippen molar-refractivity contribution < 1.29 is 27.6 Å². The fourth-order valence-corrected chi connectivity index (χ4v) is 7.57. The van der Waals surface area contributed by atoms with E-state index < -0.39 is 16.2 Å². The van der Waals surface area contributed by atoms with Crippen LogP contribution in [-0.4, -0.2) is 37.2 Å². The van der Waals surface area contributed by atoms with Gasteiger partial charge in [-0.25, -0.2) is 0 Å². The number of amides is 1. The number of ether oxygens (including phenoxy) is 1. The van der Waals surface area contributed by atoms with Crippen molar-refractivity contribution in [1.29, 1.82) is 0 Å². The molecular weight excluding hydrogens is 406 g/mol. The van der Waals surface area contributed by atoms with Crippen molar-refractivity contribution in [1.82, 2.24) is 0 Å². The maximum Gasteiger partial charge on any atom is 0.366 e. The number of carbonyl (C=O) groups is 1.